The van der Waals surface area contributed by atoms with Gasteiger partial charge in [0, 0.05) is 0 Å². The van der Waals surface area contributed by atoms with Crippen LogP contribution in [-0.2, 0) is 11.3 Å². The van der Waals surface area contributed by atoms with Gasteiger partial charge in [0.2, 0.25) is 0 Å². The minimum Gasteiger partial charge on any atom is -0.372 e. The summed E-state index contributed by atoms with van der Waals surface area (Å²) in [5.41, 5.74) is 10.0. The van der Waals surface area contributed by atoms with E-state index < -0.39 is 0 Å². The van der Waals surface area contributed by atoms with E-state index in [2.05, 4.69) is 32.0 Å². The molecule has 2 heteroatoms. The van der Waals surface area contributed by atoms with Crippen LogP contribution in [0.3, 0.4) is 0 Å². The fourth-order valence-corrected chi connectivity index (χ4v) is 2.20. The number of rotatable bonds is 1. The number of ether oxygens (including phenoxy) is 1. The van der Waals surface area contributed by atoms with Gasteiger partial charge in [0.05, 0.1) is 18.8 Å². The molecule has 0 unspecified atom stereocenters. The summed E-state index contributed by atoms with van der Waals surface area (Å²) in [6, 6.07) is 6.34. The number of hydrogen-bond acceptors (Lipinski definition) is 2. The summed E-state index contributed by atoms with van der Waals surface area (Å²) in [5.74, 6) is 0. The minimum absolute atomic E-state index is 0.0462. The largest absolute Gasteiger partial charge is 0.372 e. The second-order valence-corrected chi connectivity index (χ2v) is 3.93. The van der Waals surface area contributed by atoms with E-state index in [1.807, 2.05) is 0 Å². The predicted octanol–water partition coefficient (Wildman–Crippen LogP) is 2.30. The van der Waals surface area contributed by atoms with Crippen LogP contribution in [0.25, 0.3) is 0 Å². The lowest BCUT2D eigenvalue weighted by Crippen LogP contribution is -2.33. The van der Waals surface area contributed by atoms with Crippen LogP contribution in [0.4, 0.5) is 0 Å². The Labute approximate surface area is 85.1 Å². The number of hydrogen-bond donors (Lipinski definition) is 1. The van der Waals surface area contributed by atoms with Gasteiger partial charge in [-0.1, -0.05) is 25.1 Å². The van der Waals surface area contributed by atoms with Crippen LogP contribution in [0.2, 0.25) is 0 Å². The van der Waals surface area contributed by atoms with E-state index in [-0.39, 0.29) is 12.1 Å². The van der Waals surface area contributed by atoms with E-state index >= 15 is 0 Å². The van der Waals surface area contributed by atoms with Crippen molar-refractivity contribution >= 4 is 0 Å². The van der Waals surface area contributed by atoms with Gasteiger partial charge in [0.15, 0.2) is 0 Å². The highest BCUT2D eigenvalue weighted by molar-refractivity contribution is 5.38. The first kappa shape index (κ1) is 9.69. The lowest BCUT2D eigenvalue weighted by molar-refractivity contribution is 0.00656. The molecule has 14 heavy (non-hydrogen) atoms. The Morgan fingerprint density at radius 2 is 2.29 bits per heavy atom. The fourth-order valence-electron chi connectivity index (χ4n) is 2.20. The molecule has 2 atom stereocenters. The SMILES string of the molecule is CC[C@H]1OCc2cccc(C)c2[C@@H]1N. The molecule has 0 aromatic heterocycles. The third-order valence-corrected chi connectivity index (χ3v) is 3.00. The van der Waals surface area contributed by atoms with E-state index in [1.54, 1.807) is 0 Å². The molecule has 0 amide bonds. The third kappa shape index (κ3) is 1.45. The van der Waals surface area contributed by atoms with Crippen molar-refractivity contribution in [2.24, 2.45) is 5.73 Å². The molecule has 0 spiro atoms. The molecule has 1 heterocycles. The standard InChI is InChI=1S/C12H17NO/c1-3-10-12(13)11-8(2)5-4-6-9(11)7-14-10/h4-6,10,12H,3,7,13H2,1-2H3/t10-,12-/m1/s1. The van der Waals surface area contributed by atoms with Gasteiger partial charge in [-0.3, -0.25) is 0 Å². The summed E-state index contributed by atoms with van der Waals surface area (Å²) in [6.45, 7) is 4.95. The molecule has 1 aromatic rings. The molecular weight excluding hydrogens is 174 g/mol. The molecule has 0 fully saturated rings. The Kier molecular flexibility index (Phi) is 2.57. The lowest BCUT2D eigenvalue weighted by atomic mass is 9.90. The minimum atomic E-state index is 0.0462. The second-order valence-electron chi connectivity index (χ2n) is 3.93. The van der Waals surface area contributed by atoms with Crippen molar-refractivity contribution in [3.8, 4) is 0 Å². The Hall–Kier alpha value is -0.860. The topological polar surface area (TPSA) is 35.2 Å². The molecule has 2 N–H and O–H groups in total. The average Bonchev–Trinajstić information content (AvgIpc) is 2.18. The summed E-state index contributed by atoms with van der Waals surface area (Å²) in [6.07, 6.45) is 1.16. The van der Waals surface area contributed by atoms with Crippen LogP contribution in [0.15, 0.2) is 18.2 Å². The van der Waals surface area contributed by atoms with Gasteiger partial charge in [0.25, 0.3) is 0 Å². The normalized spacial score (nSPS) is 25.9. The predicted molar refractivity (Wildman–Crippen MR) is 57.0 cm³/mol. The Bertz CT molecular complexity index is 335. The molecule has 0 aliphatic carbocycles. The van der Waals surface area contributed by atoms with Crippen LogP contribution in [0.1, 0.15) is 36.1 Å². The lowest BCUT2D eigenvalue weighted by Gasteiger charge is -2.31. The van der Waals surface area contributed by atoms with Crippen LogP contribution >= 0.6 is 0 Å². The van der Waals surface area contributed by atoms with Crippen molar-refractivity contribution in [2.75, 3.05) is 0 Å². The molecule has 0 radical (unpaired) electrons. The first-order chi connectivity index (χ1) is 6.74. The Morgan fingerprint density at radius 1 is 1.50 bits per heavy atom. The summed E-state index contributed by atoms with van der Waals surface area (Å²) in [7, 11) is 0. The molecule has 2 nitrogen and oxygen atoms in total. The first-order valence-electron chi connectivity index (χ1n) is 5.19. The van der Waals surface area contributed by atoms with Crippen LogP contribution in [0.5, 0.6) is 0 Å². The Balaban J connectivity index is 2.43. The third-order valence-electron chi connectivity index (χ3n) is 3.00. The van der Waals surface area contributed by atoms with E-state index in [1.165, 1.54) is 16.7 Å². The van der Waals surface area contributed by atoms with Gasteiger partial charge in [-0.15, -0.1) is 0 Å². The van der Waals surface area contributed by atoms with Crippen molar-refractivity contribution in [1.29, 1.82) is 0 Å². The van der Waals surface area contributed by atoms with Gasteiger partial charge in [0.1, 0.15) is 0 Å². The van der Waals surface area contributed by atoms with Gasteiger partial charge < -0.3 is 10.5 Å². The molecule has 2 rings (SSSR count). The molecule has 0 bridgehead atoms. The maximum atomic E-state index is 6.18. The smallest absolute Gasteiger partial charge is 0.0769 e. The monoisotopic (exact) mass is 191 g/mol. The van der Waals surface area contributed by atoms with Crippen molar-refractivity contribution in [3.63, 3.8) is 0 Å². The van der Waals surface area contributed by atoms with Gasteiger partial charge in [-0.05, 0) is 30.0 Å². The Morgan fingerprint density at radius 3 is 3.00 bits per heavy atom. The fraction of sp³-hybridized carbons (Fsp3) is 0.500. The van der Waals surface area contributed by atoms with Crippen LogP contribution in [-0.4, -0.2) is 6.10 Å². The van der Waals surface area contributed by atoms with Crippen molar-refractivity contribution in [3.05, 3.63) is 34.9 Å². The second kappa shape index (κ2) is 3.71. The van der Waals surface area contributed by atoms with E-state index in [9.17, 15) is 0 Å². The highest BCUT2D eigenvalue weighted by atomic mass is 16.5. The maximum Gasteiger partial charge on any atom is 0.0769 e. The zero-order chi connectivity index (χ0) is 10.1. The average molecular weight is 191 g/mol. The number of aryl methyl sites for hydroxylation is 1. The van der Waals surface area contributed by atoms with Gasteiger partial charge in [-0.2, -0.15) is 0 Å². The maximum absolute atomic E-state index is 6.18. The van der Waals surface area contributed by atoms with E-state index in [4.69, 9.17) is 10.5 Å². The first-order valence-corrected chi connectivity index (χ1v) is 5.19. The van der Waals surface area contributed by atoms with Crippen molar-refractivity contribution in [2.45, 2.75) is 39.0 Å². The molecule has 1 aliphatic heterocycles. The van der Waals surface area contributed by atoms with Crippen molar-refractivity contribution < 1.29 is 4.74 Å². The zero-order valence-electron chi connectivity index (χ0n) is 8.79. The molecule has 0 saturated heterocycles. The number of fused-ring (bicyclic) bond motifs is 1. The zero-order valence-corrected chi connectivity index (χ0v) is 8.79. The molecule has 1 aliphatic rings. The van der Waals surface area contributed by atoms with Crippen molar-refractivity contribution in [1.82, 2.24) is 0 Å². The van der Waals surface area contributed by atoms with E-state index in [0.717, 1.165) is 6.42 Å². The van der Waals surface area contributed by atoms with Gasteiger partial charge in [-0.25, -0.2) is 0 Å². The molecule has 1 aromatic carbocycles. The van der Waals surface area contributed by atoms with Gasteiger partial charge >= 0.3 is 0 Å². The van der Waals surface area contributed by atoms with Crippen LogP contribution < -0.4 is 5.73 Å². The summed E-state index contributed by atoms with van der Waals surface area (Å²) < 4.78 is 5.70. The summed E-state index contributed by atoms with van der Waals surface area (Å²) >= 11 is 0. The van der Waals surface area contributed by atoms with Crippen LogP contribution in [0, 0.1) is 6.92 Å². The summed E-state index contributed by atoms with van der Waals surface area (Å²) in [5, 5.41) is 0. The molecular formula is C12H17NO. The highest BCUT2D eigenvalue weighted by Crippen LogP contribution is 2.31. The molecule has 0 saturated carbocycles. The number of benzene rings is 1. The summed E-state index contributed by atoms with van der Waals surface area (Å²) in [4.78, 5) is 0. The highest BCUT2D eigenvalue weighted by Gasteiger charge is 2.26. The quantitative estimate of drug-likeness (QED) is 0.739. The van der Waals surface area contributed by atoms with E-state index in [0.29, 0.717) is 6.61 Å². The number of nitrogens with two attached hydrogens (primary N) is 1. The molecule has 76 valence electrons.